The topological polar surface area (TPSA) is 48.1 Å². The molecule has 98 valence electrons. The minimum atomic E-state index is 0.560. The first-order valence-electron chi connectivity index (χ1n) is 6.37. The molecule has 0 spiro atoms. The van der Waals surface area contributed by atoms with E-state index in [2.05, 4.69) is 4.98 Å². The summed E-state index contributed by atoms with van der Waals surface area (Å²) in [4.78, 5) is 4.00. The number of hydrogen-bond donors (Lipinski definition) is 1. The maximum absolute atomic E-state index is 6.15. The molecule has 0 fully saturated rings. The smallest absolute Gasteiger partial charge is 0.125 e. The van der Waals surface area contributed by atoms with Crippen LogP contribution < -0.4 is 10.5 Å². The van der Waals surface area contributed by atoms with Crippen LogP contribution in [-0.4, -0.2) is 11.6 Å². The number of aromatic nitrogens is 1. The van der Waals surface area contributed by atoms with Crippen LogP contribution in [0, 0.1) is 0 Å². The molecule has 4 heteroatoms. The molecule has 0 amide bonds. The Bertz CT molecular complexity index is 613. The van der Waals surface area contributed by atoms with Crippen LogP contribution in [0.3, 0.4) is 0 Å². The van der Waals surface area contributed by atoms with Gasteiger partial charge in [-0.15, -0.1) is 0 Å². The number of nitrogens with zero attached hydrogens (tertiary/aromatic N) is 1. The second kappa shape index (κ2) is 5.10. The highest BCUT2D eigenvalue weighted by Gasteiger charge is 2.17. The van der Waals surface area contributed by atoms with Gasteiger partial charge in [-0.1, -0.05) is 11.6 Å². The molecule has 0 atom stereocenters. The molecule has 19 heavy (non-hydrogen) atoms. The summed E-state index contributed by atoms with van der Waals surface area (Å²) in [6.07, 6.45) is 4.49. The van der Waals surface area contributed by atoms with Crippen molar-refractivity contribution in [2.24, 2.45) is 0 Å². The van der Waals surface area contributed by atoms with E-state index in [1.54, 1.807) is 6.20 Å². The van der Waals surface area contributed by atoms with Crippen LogP contribution in [0.2, 0.25) is 5.02 Å². The zero-order chi connectivity index (χ0) is 13.2. The van der Waals surface area contributed by atoms with Crippen LogP contribution in [0.1, 0.15) is 16.7 Å². The van der Waals surface area contributed by atoms with E-state index >= 15 is 0 Å². The summed E-state index contributed by atoms with van der Waals surface area (Å²) < 4.78 is 5.70. The van der Waals surface area contributed by atoms with Crippen LogP contribution in [0.15, 0.2) is 30.5 Å². The van der Waals surface area contributed by atoms with Crippen LogP contribution in [0.25, 0.3) is 0 Å². The van der Waals surface area contributed by atoms with Gasteiger partial charge >= 0.3 is 0 Å². The van der Waals surface area contributed by atoms with Crippen molar-refractivity contribution in [1.82, 2.24) is 4.98 Å². The standard InChI is InChI=1S/C15H15ClN2O/c16-13-8-11(15-12(9-13)4-6-19-15)2-1-10-3-5-18-14(17)7-10/h3,5,7-9H,1-2,4,6H2,(H2,17,18). The number of pyridine rings is 1. The summed E-state index contributed by atoms with van der Waals surface area (Å²) >= 11 is 6.15. The zero-order valence-electron chi connectivity index (χ0n) is 10.5. The molecule has 3 rings (SSSR count). The number of nitrogen functional groups attached to an aromatic ring is 1. The van der Waals surface area contributed by atoms with Crippen LogP contribution in [0.4, 0.5) is 5.82 Å². The number of nitrogens with two attached hydrogens (primary N) is 1. The lowest BCUT2D eigenvalue weighted by Crippen LogP contribution is -1.97. The van der Waals surface area contributed by atoms with Crippen LogP contribution in [-0.2, 0) is 19.3 Å². The minimum absolute atomic E-state index is 0.560. The van der Waals surface area contributed by atoms with E-state index < -0.39 is 0 Å². The third kappa shape index (κ3) is 2.66. The molecular formula is C15H15ClN2O. The molecule has 3 nitrogen and oxygen atoms in total. The van der Waals surface area contributed by atoms with Crippen molar-refractivity contribution >= 4 is 17.4 Å². The quantitative estimate of drug-likeness (QED) is 0.936. The second-order valence-corrected chi connectivity index (χ2v) is 5.18. The van der Waals surface area contributed by atoms with Gasteiger partial charge in [0.15, 0.2) is 0 Å². The first-order chi connectivity index (χ1) is 9.22. The fourth-order valence-corrected chi connectivity index (χ4v) is 2.72. The molecule has 0 radical (unpaired) electrons. The van der Waals surface area contributed by atoms with Crippen molar-refractivity contribution < 1.29 is 4.74 Å². The summed E-state index contributed by atoms with van der Waals surface area (Å²) in [5, 5.41) is 0.786. The number of hydrogen-bond acceptors (Lipinski definition) is 3. The molecular weight excluding hydrogens is 260 g/mol. The van der Waals surface area contributed by atoms with E-state index in [1.807, 2.05) is 24.3 Å². The Labute approximate surface area is 117 Å². The molecule has 0 bridgehead atoms. The molecule has 2 heterocycles. The van der Waals surface area contributed by atoms with Gasteiger partial charge in [-0.2, -0.15) is 0 Å². The number of rotatable bonds is 3. The largest absolute Gasteiger partial charge is 0.493 e. The van der Waals surface area contributed by atoms with Crippen molar-refractivity contribution in [3.8, 4) is 5.75 Å². The van der Waals surface area contributed by atoms with E-state index in [9.17, 15) is 0 Å². The molecule has 1 aromatic heterocycles. The molecule has 0 aliphatic carbocycles. The van der Waals surface area contributed by atoms with Gasteiger partial charge in [0.1, 0.15) is 11.6 Å². The van der Waals surface area contributed by atoms with Crippen molar-refractivity contribution in [3.63, 3.8) is 0 Å². The minimum Gasteiger partial charge on any atom is -0.493 e. The number of benzene rings is 1. The molecule has 0 saturated heterocycles. The summed E-state index contributed by atoms with van der Waals surface area (Å²) in [6.45, 7) is 0.755. The maximum Gasteiger partial charge on any atom is 0.125 e. The van der Waals surface area contributed by atoms with Crippen molar-refractivity contribution in [3.05, 3.63) is 52.2 Å². The van der Waals surface area contributed by atoms with Gasteiger partial charge < -0.3 is 10.5 Å². The predicted octanol–water partition coefficient (Wildman–Crippen LogP) is 3.04. The maximum atomic E-state index is 6.15. The summed E-state index contributed by atoms with van der Waals surface area (Å²) in [7, 11) is 0. The molecule has 1 aliphatic heterocycles. The lowest BCUT2D eigenvalue weighted by Gasteiger charge is -2.09. The summed E-state index contributed by atoms with van der Waals surface area (Å²) in [5.41, 5.74) is 9.26. The predicted molar refractivity (Wildman–Crippen MR) is 76.7 cm³/mol. The Morgan fingerprint density at radius 1 is 1.26 bits per heavy atom. The Kier molecular flexibility index (Phi) is 3.30. The highest BCUT2D eigenvalue weighted by atomic mass is 35.5. The number of aryl methyl sites for hydroxylation is 2. The third-order valence-corrected chi connectivity index (χ3v) is 3.57. The Balaban J connectivity index is 1.81. The van der Waals surface area contributed by atoms with Crippen LogP contribution in [0.5, 0.6) is 5.75 Å². The lowest BCUT2D eigenvalue weighted by atomic mass is 10.0. The van der Waals surface area contributed by atoms with Crippen molar-refractivity contribution in [1.29, 1.82) is 0 Å². The van der Waals surface area contributed by atoms with Gasteiger partial charge in [0, 0.05) is 17.6 Å². The second-order valence-electron chi connectivity index (χ2n) is 4.74. The summed E-state index contributed by atoms with van der Waals surface area (Å²) in [5.74, 6) is 1.58. The fourth-order valence-electron chi connectivity index (χ4n) is 2.46. The Morgan fingerprint density at radius 2 is 2.16 bits per heavy atom. The average molecular weight is 275 g/mol. The highest BCUT2D eigenvalue weighted by Crippen LogP contribution is 2.33. The van der Waals surface area contributed by atoms with Gasteiger partial charge in [-0.05, 0) is 53.8 Å². The SMILES string of the molecule is Nc1cc(CCc2cc(Cl)cc3c2OCC3)ccn1. The molecule has 2 N–H and O–H groups in total. The van der Waals surface area contributed by atoms with Crippen molar-refractivity contribution in [2.75, 3.05) is 12.3 Å². The molecule has 0 unspecified atom stereocenters. The van der Waals surface area contributed by atoms with E-state index in [-0.39, 0.29) is 0 Å². The first-order valence-corrected chi connectivity index (χ1v) is 6.74. The van der Waals surface area contributed by atoms with Crippen molar-refractivity contribution in [2.45, 2.75) is 19.3 Å². The third-order valence-electron chi connectivity index (χ3n) is 3.35. The molecule has 0 saturated carbocycles. The monoisotopic (exact) mass is 274 g/mol. The van der Waals surface area contributed by atoms with E-state index in [0.717, 1.165) is 36.6 Å². The van der Waals surface area contributed by atoms with Gasteiger partial charge in [0.05, 0.1) is 6.61 Å². The first kappa shape index (κ1) is 12.3. The van der Waals surface area contributed by atoms with E-state index in [1.165, 1.54) is 16.7 Å². The van der Waals surface area contributed by atoms with Gasteiger partial charge in [-0.25, -0.2) is 4.98 Å². The Hall–Kier alpha value is -1.74. The average Bonchev–Trinajstić information content (AvgIpc) is 2.84. The van der Waals surface area contributed by atoms with Crippen LogP contribution >= 0.6 is 11.6 Å². The molecule has 1 aromatic carbocycles. The number of fused-ring (bicyclic) bond motifs is 1. The normalized spacial score (nSPS) is 13.1. The van der Waals surface area contributed by atoms with E-state index in [0.29, 0.717) is 5.82 Å². The van der Waals surface area contributed by atoms with Gasteiger partial charge in [-0.3, -0.25) is 0 Å². The lowest BCUT2D eigenvalue weighted by molar-refractivity contribution is 0.353. The summed E-state index contributed by atoms with van der Waals surface area (Å²) in [6, 6.07) is 7.89. The van der Waals surface area contributed by atoms with Gasteiger partial charge in [0.25, 0.3) is 0 Å². The van der Waals surface area contributed by atoms with E-state index in [4.69, 9.17) is 22.1 Å². The molecule has 2 aromatic rings. The zero-order valence-corrected chi connectivity index (χ0v) is 11.3. The fraction of sp³-hybridized carbons (Fsp3) is 0.267. The molecule has 1 aliphatic rings. The number of anilines is 1. The van der Waals surface area contributed by atoms with Gasteiger partial charge in [0.2, 0.25) is 0 Å². The Morgan fingerprint density at radius 3 is 3.00 bits per heavy atom. The number of halogens is 1. The number of ether oxygens (including phenoxy) is 1. The highest BCUT2D eigenvalue weighted by molar-refractivity contribution is 6.30.